The highest BCUT2D eigenvalue weighted by Gasteiger charge is 2.41. The Morgan fingerprint density at radius 1 is 1.14 bits per heavy atom. The third-order valence-electron chi connectivity index (χ3n) is 6.42. The molecule has 0 saturated carbocycles. The van der Waals surface area contributed by atoms with Crippen LogP contribution in [0.2, 0.25) is 0 Å². The lowest BCUT2D eigenvalue weighted by molar-refractivity contribution is 0.0255. The van der Waals surface area contributed by atoms with Crippen molar-refractivity contribution in [3.8, 4) is 5.75 Å². The van der Waals surface area contributed by atoms with Gasteiger partial charge in [-0.1, -0.05) is 19.9 Å². The van der Waals surface area contributed by atoms with Crippen LogP contribution in [0.5, 0.6) is 5.75 Å². The molecule has 1 aliphatic heterocycles. The smallest absolute Gasteiger partial charge is 0.195 e. The molecule has 2 N–H and O–H groups in total. The lowest BCUT2D eigenvalue weighted by Crippen LogP contribution is -2.32. The van der Waals surface area contributed by atoms with Gasteiger partial charge >= 0.3 is 0 Å². The molecule has 1 aromatic heterocycles. The molecule has 0 amide bonds. The number of aryl methyl sites for hydroxylation is 1. The van der Waals surface area contributed by atoms with Crippen LogP contribution in [0, 0.1) is 0 Å². The van der Waals surface area contributed by atoms with Crippen molar-refractivity contribution in [1.82, 2.24) is 4.57 Å². The summed E-state index contributed by atoms with van der Waals surface area (Å²) in [5.74, 6) is 0.894. The highest BCUT2D eigenvalue weighted by Crippen LogP contribution is 2.46. The van der Waals surface area contributed by atoms with E-state index in [1.807, 2.05) is 37.4 Å². The van der Waals surface area contributed by atoms with Crippen LogP contribution in [0.4, 0.5) is 5.69 Å². The van der Waals surface area contributed by atoms with E-state index in [-0.39, 0.29) is 17.3 Å². The average molecular weight is 390 g/mol. The lowest BCUT2D eigenvalue weighted by atomic mass is 9.71. The molecule has 1 saturated heterocycles. The van der Waals surface area contributed by atoms with Gasteiger partial charge in [-0.15, -0.1) is 0 Å². The minimum Gasteiger partial charge on any atom is -0.490 e. The first-order valence-electron chi connectivity index (χ1n) is 10.2. The summed E-state index contributed by atoms with van der Waals surface area (Å²) < 4.78 is 13.8. The van der Waals surface area contributed by atoms with Gasteiger partial charge in [-0.3, -0.25) is 4.79 Å². The van der Waals surface area contributed by atoms with Crippen molar-refractivity contribution >= 4 is 22.4 Å². The number of benzene rings is 2. The van der Waals surface area contributed by atoms with Gasteiger partial charge in [0.25, 0.3) is 0 Å². The highest BCUT2D eigenvalue weighted by molar-refractivity contribution is 6.20. The molecule has 0 radical (unpaired) electrons. The maximum Gasteiger partial charge on any atom is 0.195 e. The highest BCUT2D eigenvalue weighted by atomic mass is 16.5. The van der Waals surface area contributed by atoms with E-state index in [2.05, 4.69) is 24.5 Å². The summed E-state index contributed by atoms with van der Waals surface area (Å²) in [5.41, 5.74) is 11.0. The predicted octanol–water partition coefficient (Wildman–Crippen LogP) is 4.19. The van der Waals surface area contributed by atoms with E-state index < -0.39 is 0 Å². The molecule has 1 fully saturated rings. The molecule has 3 aromatic rings. The van der Waals surface area contributed by atoms with Crippen molar-refractivity contribution < 1.29 is 14.3 Å². The summed E-state index contributed by atoms with van der Waals surface area (Å²) in [6.45, 7) is 5.83. The Balaban J connectivity index is 1.64. The van der Waals surface area contributed by atoms with E-state index in [1.165, 1.54) is 0 Å². The fraction of sp³-hybridized carbons (Fsp3) is 0.375. The van der Waals surface area contributed by atoms with Crippen LogP contribution in [0.15, 0.2) is 36.4 Å². The van der Waals surface area contributed by atoms with Gasteiger partial charge in [0.1, 0.15) is 11.9 Å². The third-order valence-corrected chi connectivity index (χ3v) is 6.42. The van der Waals surface area contributed by atoms with E-state index in [0.717, 1.165) is 65.1 Å². The molecule has 2 aliphatic rings. The molecular weight excluding hydrogens is 364 g/mol. The number of rotatable bonds is 2. The number of anilines is 1. The van der Waals surface area contributed by atoms with E-state index >= 15 is 0 Å². The molecule has 29 heavy (non-hydrogen) atoms. The number of hydrogen-bond donors (Lipinski definition) is 1. The maximum absolute atomic E-state index is 13.5. The third kappa shape index (κ3) is 2.68. The SMILES string of the molecule is Cn1c2c(c3ccc(N)cc31)C(=O)c1ccc(OC3CCOCC3)cc1C2(C)C. The number of aromatic nitrogens is 1. The zero-order valence-corrected chi connectivity index (χ0v) is 17.1. The van der Waals surface area contributed by atoms with Crippen LogP contribution in [0.1, 0.15) is 53.9 Å². The van der Waals surface area contributed by atoms with Crippen molar-refractivity contribution in [3.05, 3.63) is 58.8 Å². The second-order valence-corrected chi connectivity index (χ2v) is 8.65. The van der Waals surface area contributed by atoms with Gasteiger partial charge < -0.3 is 19.8 Å². The summed E-state index contributed by atoms with van der Waals surface area (Å²) in [5, 5.41) is 0.961. The number of nitrogen functional groups attached to an aromatic ring is 1. The van der Waals surface area contributed by atoms with Crippen molar-refractivity contribution in [1.29, 1.82) is 0 Å². The normalized spacial score (nSPS) is 18.5. The number of fused-ring (bicyclic) bond motifs is 4. The fourth-order valence-corrected chi connectivity index (χ4v) is 4.98. The molecular formula is C24H26N2O3. The van der Waals surface area contributed by atoms with Gasteiger partial charge in [0, 0.05) is 47.6 Å². The van der Waals surface area contributed by atoms with Gasteiger partial charge in [0.15, 0.2) is 5.78 Å². The Morgan fingerprint density at radius 2 is 1.90 bits per heavy atom. The molecule has 150 valence electrons. The minimum absolute atomic E-state index is 0.0716. The molecule has 5 nitrogen and oxygen atoms in total. The molecule has 1 aliphatic carbocycles. The van der Waals surface area contributed by atoms with Gasteiger partial charge in [0.05, 0.1) is 24.3 Å². The Kier molecular flexibility index (Phi) is 4.00. The van der Waals surface area contributed by atoms with Crippen molar-refractivity contribution in [3.63, 3.8) is 0 Å². The quantitative estimate of drug-likeness (QED) is 0.667. The number of nitrogens with zero attached hydrogens (tertiary/aromatic N) is 1. The average Bonchev–Trinajstić information content (AvgIpc) is 3.00. The monoisotopic (exact) mass is 390 g/mol. The predicted molar refractivity (Wildman–Crippen MR) is 114 cm³/mol. The van der Waals surface area contributed by atoms with Crippen molar-refractivity contribution in [2.24, 2.45) is 7.05 Å². The number of nitrogens with two attached hydrogens (primary N) is 1. The molecule has 0 atom stereocenters. The first-order valence-corrected chi connectivity index (χ1v) is 10.2. The molecule has 2 heterocycles. The minimum atomic E-state index is -0.337. The van der Waals surface area contributed by atoms with Crippen LogP contribution < -0.4 is 10.5 Å². The van der Waals surface area contributed by atoms with Gasteiger partial charge in [-0.05, 0) is 35.9 Å². The summed E-state index contributed by atoms with van der Waals surface area (Å²) in [7, 11) is 2.02. The topological polar surface area (TPSA) is 66.5 Å². The second kappa shape index (κ2) is 6.36. The number of hydrogen-bond acceptors (Lipinski definition) is 4. The number of carbonyl (C=O) groups is 1. The summed E-state index contributed by atoms with van der Waals surface area (Å²) in [6, 6.07) is 11.7. The molecule has 0 bridgehead atoms. The van der Waals surface area contributed by atoms with Gasteiger partial charge in [-0.25, -0.2) is 0 Å². The van der Waals surface area contributed by atoms with Crippen LogP contribution >= 0.6 is 0 Å². The van der Waals surface area contributed by atoms with Crippen LogP contribution in [0.3, 0.4) is 0 Å². The largest absolute Gasteiger partial charge is 0.490 e. The Hall–Kier alpha value is -2.79. The van der Waals surface area contributed by atoms with E-state index in [9.17, 15) is 4.79 Å². The van der Waals surface area contributed by atoms with Crippen LogP contribution in [0.25, 0.3) is 10.9 Å². The van der Waals surface area contributed by atoms with Gasteiger partial charge in [0.2, 0.25) is 0 Å². The fourth-order valence-electron chi connectivity index (χ4n) is 4.98. The van der Waals surface area contributed by atoms with Gasteiger partial charge in [-0.2, -0.15) is 0 Å². The van der Waals surface area contributed by atoms with Crippen molar-refractivity contribution in [2.45, 2.75) is 38.2 Å². The summed E-state index contributed by atoms with van der Waals surface area (Å²) in [6.07, 6.45) is 1.96. The number of carbonyl (C=O) groups excluding carboxylic acids is 1. The molecule has 2 aromatic carbocycles. The Morgan fingerprint density at radius 3 is 2.66 bits per heavy atom. The zero-order chi connectivity index (χ0) is 20.3. The van der Waals surface area contributed by atoms with E-state index in [0.29, 0.717) is 5.69 Å². The number of ketones is 1. The Bertz CT molecular complexity index is 1140. The Labute approximate surface area is 170 Å². The molecule has 0 unspecified atom stereocenters. The maximum atomic E-state index is 13.5. The van der Waals surface area contributed by atoms with Crippen LogP contribution in [-0.2, 0) is 17.2 Å². The van der Waals surface area contributed by atoms with Crippen molar-refractivity contribution in [2.75, 3.05) is 18.9 Å². The molecule has 5 rings (SSSR count). The second-order valence-electron chi connectivity index (χ2n) is 8.65. The first-order chi connectivity index (χ1) is 13.9. The number of ether oxygens (including phenoxy) is 2. The van der Waals surface area contributed by atoms with E-state index in [1.54, 1.807) is 0 Å². The first kappa shape index (κ1) is 18.3. The standard InChI is InChI=1S/C24H26N2O3/c1-24(2)19-13-16(29-15-8-10-28-11-9-15)5-7-17(19)22(27)21-18-6-4-14(25)12-20(18)26(3)23(21)24/h4-7,12-13,15H,8-11,25H2,1-3H3. The van der Waals surface area contributed by atoms with Crippen LogP contribution in [-0.4, -0.2) is 29.7 Å². The molecule has 5 heteroatoms. The summed E-state index contributed by atoms with van der Waals surface area (Å²) >= 11 is 0. The molecule has 0 spiro atoms. The lowest BCUT2D eigenvalue weighted by Gasteiger charge is -2.34. The van der Waals surface area contributed by atoms with E-state index in [4.69, 9.17) is 15.2 Å². The summed E-state index contributed by atoms with van der Waals surface area (Å²) in [4.78, 5) is 13.5. The zero-order valence-electron chi connectivity index (χ0n) is 17.1.